The van der Waals surface area contributed by atoms with Gasteiger partial charge in [0.1, 0.15) is 117 Å². The summed E-state index contributed by atoms with van der Waals surface area (Å²) < 4.78 is 112. The number of hydrogen-bond acceptors (Lipinski definition) is 34. The summed E-state index contributed by atoms with van der Waals surface area (Å²) in [7, 11) is 1.22. The van der Waals surface area contributed by atoms with Gasteiger partial charge in [-0.25, -0.2) is 14.4 Å². The van der Waals surface area contributed by atoms with Crippen molar-refractivity contribution >= 4 is 119 Å². The van der Waals surface area contributed by atoms with E-state index in [9.17, 15) is 43.2 Å². The number of ether oxygens (including phenoxy) is 18. The Balaban J connectivity index is 1.35. The van der Waals surface area contributed by atoms with Gasteiger partial charge in [0, 0.05) is 77.8 Å². The van der Waals surface area contributed by atoms with Crippen molar-refractivity contribution in [1.29, 1.82) is 0 Å². The highest BCUT2D eigenvalue weighted by atomic mass is 35.5. The molecule has 0 unspecified atom stereocenters. The first-order chi connectivity index (χ1) is 67.9. The van der Waals surface area contributed by atoms with Crippen molar-refractivity contribution in [2.45, 2.75) is 198 Å². The lowest BCUT2D eigenvalue weighted by Crippen LogP contribution is -2.67. The number of hydrogen-bond donors (Lipinski definition) is 8. The summed E-state index contributed by atoms with van der Waals surface area (Å²) in [5, 5.41) is 17.2. The summed E-state index contributed by atoms with van der Waals surface area (Å²) in [5.74, 6) is -21.1. The molecule has 9 amide bonds. The van der Waals surface area contributed by atoms with Gasteiger partial charge in [0.15, 0.2) is 60.5 Å². The topological polar surface area (TPSA) is 553 Å². The molecule has 7 heterocycles. The fourth-order valence-electron chi connectivity index (χ4n) is 16.2. The molecular weight excluding hydrogens is 1920 g/mol. The zero-order valence-corrected chi connectivity index (χ0v) is 81.3. The Labute approximate surface area is 830 Å². The second kappa shape index (κ2) is 49.9. The molecule has 12 rings (SSSR count). The number of nitrogens with zero attached hydrogens (tertiary/aromatic N) is 1. The van der Waals surface area contributed by atoms with Crippen LogP contribution in [0.4, 0.5) is 9.59 Å². The summed E-state index contributed by atoms with van der Waals surface area (Å²) in [5.41, 5.74) is 2.49. The zero-order valence-electron chi connectivity index (χ0n) is 79.8. The molecule has 766 valence electrons. The summed E-state index contributed by atoms with van der Waals surface area (Å²) in [4.78, 5) is 236. The highest BCUT2D eigenvalue weighted by molar-refractivity contribution is 6.32. The molecule has 0 aromatic heterocycles. The van der Waals surface area contributed by atoms with Crippen LogP contribution in [0.15, 0.2) is 155 Å². The number of likely N-dealkylation sites (N-methyl/N-ethyl adjacent to an activating group) is 1. The number of primary amides is 1. The van der Waals surface area contributed by atoms with E-state index in [2.05, 4.69) is 76.7 Å². The van der Waals surface area contributed by atoms with Gasteiger partial charge in [-0.3, -0.25) is 67.2 Å². The van der Waals surface area contributed by atoms with Crippen LogP contribution >= 0.6 is 23.2 Å². The minimum atomic E-state index is -2.53. The van der Waals surface area contributed by atoms with E-state index in [4.69, 9.17) is 114 Å². The van der Waals surface area contributed by atoms with Crippen LogP contribution in [-0.2, 0) is 124 Å². The van der Waals surface area contributed by atoms with Crippen LogP contribution < -0.4 is 71.4 Å². The molecule has 0 radical (unpaired) electrons. The Morgan fingerprint density at radius 3 is 1.68 bits per heavy atom. The third-order valence-corrected chi connectivity index (χ3v) is 22.7. The molecule has 0 aliphatic carbocycles. The van der Waals surface area contributed by atoms with E-state index >= 15 is 33.6 Å². The average Bonchev–Trinajstić information content (AvgIpc) is 0.760. The van der Waals surface area contributed by atoms with Gasteiger partial charge in [-0.05, 0) is 103 Å². The highest BCUT2D eigenvalue weighted by Gasteiger charge is 2.57. The highest BCUT2D eigenvalue weighted by Crippen LogP contribution is 2.51. The van der Waals surface area contributed by atoms with E-state index in [1.165, 1.54) is 99.8 Å². The molecule has 7 aliphatic heterocycles. The fraction of sp³-hybridized carbons (Fsp3) is 0.408. The molecule has 45 heteroatoms. The van der Waals surface area contributed by atoms with Gasteiger partial charge >= 0.3 is 54.0 Å². The number of benzene rings is 5. The van der Waals surface area contributed by atoms with E-state index < -0.39 is 281 Å². The van der Waals surface area contributed by atoms with Gasteiger partial charge in [0.2, 0.25) is 53.4 Å². The largest absolute Gasteiger partial charge is 0.489 e. The maximum absolute atomic E-state index is 17.1. The van der Waals surface area contributed by atoms with Crippen molar-refractivity contribution in [2.24, 2.45) is 11.7 Å². The average molecular weight is 2030 g/mol. The van der Waals surface area contributed by atoms with Crippen LogP contribution in [0.3, 0.4) is 0 Å². The molecule has 0 saturated carbocycles. The quantitative estimate of drug-likeness (QED) is 0.0107. The zero-order chi connectivity index (χ0) is 105. The number of rotatable bonds is 35. The number of alkyl carbamates (subject to hydrolysis) is 1. The van der Waals surface area contributed by atoms with Crippen LogP contribution in [0.2, 0.25) is 10.0 Å². The standard InChI is InChI=1S/C98H111Cl2N9O34/c1-18-30-126-59-42-61-75(69(43-59)128-32-20-3)60-37-55(24-27-66(60)127-31-19-2)76-90(119)107-80(93(122)105-78(61)94(123)129-33-21-4)82(135-51(12)112)57-26-29-68(63(100)39-57)140-71-41-58-40-70(83(71)143-95-86(85(137-53(14)114)84(136-52(13)113)72(141-95)46-132-49(10)110)142-74-45-98(16,108-96(124)130-34-22-5)87(48(9)133-74)138-54(15)115)139-67-28-25-56(38-62(67)99)81(134-50(11)111)79(106-89(118)65(36-47(7)8)109(17)97(125)131-35-23-6)92(121)102-64(44-73(101)116)88(117)103-77(58)91(120)104-76/h18-29,37-43,47-48,64-65,72,74,76-82,84-87,95H,1-6,30-36,44-46H2,7-17H3,(H2,101,116)(H,102,121)(H,103,117)(H,104,120)(H,105,122)(H,106,118)(H,107,119)(H,108,124)/t48-,64-,65+,72+,74-,76+,77+,78-,79+,80-,81+,82+,84+,85-,86+,87+,95-,98-/m0/s1. The van der Waals surface area contributed by atoms with Crippen molar-refractivity contribution in [3.63, 3.8) is 0 Å². The monoisotopic (exact) mass is 2030 g/mol. The van der Waals surface area contributed by atoms with Gasteiger partial charge < -0.3 is 128 Å². The molecule has 5 aromatic carbocycles. The molecule has 143 heavy (non-hydrogen) atoms. The third-order valence-electron chi connectivity index (χ3n) is 22.1. The lowest BCUT2D eigenvalue weighted by Gasteiger charge is -2.49. The van der Waals surface area contributed by atoms with Crippen LogP contribution in [0.5, 0.6) is 46.0 Å². The Morgan fingerprint density at radius 1 is 0.552 bits per heavy atom. The number of carbonyl (C=O) groups is 16. The fourth-order valence-corrected chi connectivity index (χ4v) is 16.6. The molecule has 2 fully saturated rings. The van der Waals surface area contributed by atoms with Crippen LogP contribution in [-0.4, -0.2) is 232 Å². The normalized spacial score (nSPS) is 23.5. The molecule has 0 spiro atoms. The molecule has 5 aromatic rings. The van der Waals surface area contributed by atoms with Crippen LogP contribution in [0.1, 0.15) is 147 Å². The van der Waals surface area contributed by atoms with E-state index in [-0.39, 0.29) is 90.1 Å². The van der Waals surface area contributed by atoms with E-state index in [1.54, 1.807) is 13.8 Å². The maximum Gasteiger partial charge on any atom is 0.410 e. The number of halogens is 2. The molecule has 9 N–H and O–H groups in total. The number of carbonyl (C=O) groups excluding carboxylic acids is 16. The van der Waals surface area contributed by atoms with Crippen molar-refractivity contribution in [3.8, 4) is 57.1 Å². The molecule has 2 saturated heterocycles. The summed E-state index contributed by atoms with van der Waals surface area (Å²) in [6.07, 6.45) is -14.9. The van der Waals surface area contributed by atoms with E-state index in [0.717, 1.165) is 82.8 Å². The Hall–Kier alpha value is -15.1. The van der Waals surface area contributed by atoms with Crippen molar-refractivity contribution in [1.82, 2.24) is 42.1 Å². The number of amides is 9. The molecule has 18 atom stereocenters. The van der Waals surface area contributed by atoms with Gasteiger partial charge in [-0.2, -0.15) is 0 Å². The van der Waals surface area contributed by atoms with Gasteiger partial charge in [-0.15, -0.1) is 0 Å². The van der Waals surface area contributed by atoms with Crippen LogP contribution in [0.25, 0.3) is 11.1 Å². The lowest BCUT2D eigenvalue weighted by molar-refractivity contribution is -0.336. The first-order valence-electron chi connectivity index (χ1n) is 44.7. The number of nitrogens with two attached hydrogens (primary N) is 1. The predicted octanol–water partition coefficient (Wildman–Crippen LogP) is 8.74. The smallest absolute Gasteiger partial charge is 0.410 e. The molecular formula is C98H111Cl2N9O34. The van der Waals surface area contributed by atoms with E-state index in [1.807, 2.05) is 0 Å². The third kappa shape index (κ3) is 28.2. The molecule has 11 bridgehead atoms. The number of esters is 7. The number of nitrogens with one attached hydrogen (secondary N) is 7. The Kier molecular flexibility index (Phi) is 38.3. The first kappa shape index (κ1) is 110. The SMILES string of the molecule is C=CCOC(=O)N[C@@]1(C)C[C@H](O[C@H]2[C@H](Oc3c4cc5cc3Oc3ccc(cc3Cl)[C@@H](OC(C)=O)[C@@H](NC(=O)[C@@H](CC(C)C)N(C)C(=O)OCC=C)C(=O)N[C@@H](CC(N)=O)C(=O)N[C@H]5C(=O)N[C@H]3C(=O)N[C@H](C(=O)N[C@H](C(=O)OCC=C)c5cc(OCC=C)cc(OCC=C)c5-c5cc3ccc5OCC=C)[C@H](OC(C)=O)c3ccc(c(Cl)c3)O4)O[C@H](COC(C)=O)[C@@H](OC(C)=O)[C@@H]2OC(C)=O)O[C@@H](C)[C@H]1OC(C)=O. The van der Waals surface area contributed by atoms with E-state index in [0.29, 0.717) is 0 Å². The van der Waals surface area contributed by atoms with Gasteiger partial charge in [-0.1, -0.05) is 131 Å². The Bertz CT molecular complexity index is 5750. The maximum atomic E-state index is 17.1. The second-order valence-corrected chi connectivity index (χ2v) is 34.5. The summed E-state index contributed by atoms with van der Waals surface area (Å²) >= 11 is 15.0. The molecule has 7 aliphatic rings. The van der Waals surface area contributed by atoms with Crippen molar-refractivity contribution < 1.29 is 162 Å². The predicted molar refractivity (Wildman–Crippen MR) is 503 cm³/mol. The second-order valence-electron chi connectivity index (χ2n) is 33.6. The minimum Gasteiger partial charge on any atom is -0.489 e. The number of fused-ring (bicyclic) bond motifs is 15. The minimum absolute atomic E-state index is 0.0155. The van der Waals surface area contributed by atoms with Crippen LogP contribution in [0, 0.1) is 5.92 Å². The van der Waals surface area contributed by atoms with Gasteiger partial charge in [0.25, 0.3) is 0 Å². The van der Waals surface area contributed by atoms with Crippen molar-refractivity contribution in [3.05, 3.63) is 193 Å². The first-order valence-corrected chi connectivity index (χ1v) is 45.4. The Morgan fingerprint density at radius 2 is 1.10 bits per heavy atom. The molecule has 43 nitrogen and oxygen atoms in total. The lowest BCUT2D eigenvalue weighted by atomic mass is 9.84. The van der Waals surface area contributed by atoms with Crippen molar-refractivity contribution in [2.75, 3.05) is 53.3 Å². The summed E-state index contributed by atoms with van der Waals surface area (Å²) in [6, 6.07) is 0.158. The summed E-state index contributed by atoms with van der Waals surface area (Å²) in [6.45, 7) is 31.8. The van der Waals surface area contributed by atoms with Gasteiger partial charge in [0.05, 0.1) is 28.1 Å².